The molecule has 0 saturated carbocycles. The maximum absolute atomic E-state index is 4.99. The first-order valence-electron chi connectivity index (χ1n) is 10.3. The Bertz CT molecular complexity index is 1410. The van der Waals surface area contributed by atoms with Crippen LogP contribution in [0.5, 0.6) is 0 Å². The number of aromatic nitrogens is 3. The summed E-state index contributed by atoms with van der Waals surface area (Å²) < 4.78 is 2.33. The molecule has 3 aromatic carbocycles. The Balaban J connectivity index is 1.69. The molecule has 2 aromatic heterocycles. The third-order valence-corrected chi connectivity index (χ3v) is 6.24. The van der Waals surface area contributed by atoms with E-state index in [0.29, 0.717) is 0 Å². The number of para-hydroxylation sites is 1. The number of hydrogen-bond acceptors (Lipinski definition) is 2. The van der Waals surface area contributed by atoms with Gasteiger partial charge in [-0.2, -0.15) is 0 Å². The first kappa shape index (κ1) is 17.2. The van der Waals surface area contributed by atoms with Gasteiger partial charge in [0.05, 0.1) is 5.52 Å². The molecule has 2 heterocycles. The highest BCUT2D eigenvalue weighted by atomic mass is 15.1. The van der Waals surface area contributed by atoms with Gasteiger partial charge in [-0.1, -0.05) is 86.6 Å². The summed E-state index contributed by atoms with van der Waals surface area (Å²) in [6.07, 6.45) is 1.86. The van der Waals surface area contributed by atoms with Crippen LogP contribution in [0.4, 0.5) is 0 Å². The van der Waals surface area contributed by atoms with Crippen LogP contribution < -0.4 is 0 Å². The van der Waals surface area contributed by atoms with E-state index in [0.717, 1.165) is 17.2 Å². The Morgan fingerprint density at radius 3 is 2.37 bits per heavy atom. The fourth-order valence-corrected chi connectivity index (χ4v) is 4.92. The van der Waals surface area contributed by atoms with E-state index in [2.05, 4.69) is 84.1 Å². The predicted molar refractivity (Wildman–Crippen MR) is 122 cm³/mol. The van der Waals surface area contributed by atoms with E-state index in [9.17, 15) is 0 Å². The van der Waals surface area contributed by atoms with Crippen molar-refractivity contribution in [1.29, 1.82) is 0 Å². The molecule has 5 aromatic rings. The summed E-state index contributed by atoms with van der Waals surface area (Å²) in [7, 11) is 0. The van der Waals surface area contributed by atoms with Crippen molar-refractivity contribution >= 4 is 10.9 Å². The van der Waals surface area contributed by atoms with E-state index in [-0.39, 0.29) is 5.41 Å². The average Bonchev–Trinajstić information content (AvgIpc) is 3.26. The molecule has 144 valence electrons. The van der Waals surface area contributed by atoms with Crippen molar-refractivity contribution in [2.75, 3.05) is 0 Å². The molecule has 0 unspecified atom stereocenters. The van der Waals surface area contributed by atoms with Crippen LogP contribution in [0, 0.1) is 0 Å². The topological polar surface area (TPSA) is 30.7 Å². The van der Waals surface area contributed by atoms with Crippen LogP contribution in [0.15, 0.2) is 91.1 Å². The summed E-state index contributed by atoms with van der Waals surface area (Å²) in [6.45, 7) is 4.62. The number of benzene rings is 3. The maximum Gasteiger partial charge on any atom is 0.161 e. The van der Waals surface area contributed by atoms with Gasteiger partial charge in [-0.25, -0.2) is 9.97 Å². The first-order chi connectivity index (χ1) is 14.7. The number of nitrogens with zero attached hydrogens (tertiary/aromatic N) is 3. The molecule has 30 heavy (non-hydrogen) atoms. The molecule has 0 radical (unpaired) electrons. The lowest BCUT2D eigenvalue weighted by Gasteiger charge is -2.24. The third-order valence-electron chi connectivity index (χ3n) is 6.24. The quantitative estimate of drug-likeness (QED) is 0.351. The minimum absolute atomic E-state index is 0.122. The molecule has 3 nitrogen and oxygen atoms in total. The Morgan fingerprint density at radius 2 is 1.50 bits per heavy atom. The van der Waals surface area contributed by atoms with Crippen LogP contribution in [-0.2, 0) is 5.41 Å². The molecular weight excluding hydrogens is 366 g/mol. The van der Waals surface area contributed by atoms with Gasteiger partial charge in [0.15, 0.2) is 5.82 Å². The zero-order valence-electron chi connectivity index (χ0n) is 17.0. The standard InChI is InChI=1S/C27H21N3/c1-27(2)21-14-8-6-12-19(21)24-20-13-7-9-15-22(20)30(25(24)27)23-16-17-28-26(29-23)18-10-4-3-5-11-18/h3-17H,1-2H3. The van der Waals surface area contributed by atoms with Crippen molar-refractivity contribution in [3.8, 4) is 28.3 Å². The van der Waals surface area contributed by atoms with Gasteiger partial charge in [-0.05, 0) is 23.3 Å². The van der Waals surface area contributed by atoms with E-state index >= 15 is 0 Å². The minimum atomic E-state index is -0.122. The zero-order valence-corrected chi connectivity index (χ0v) is 17.0. The first-order valence-corrected chi connectivity index (χ1v) is 10.3. The summed E-state index contributed by atoms with van der Waals surface area (Å²) in [5.74, 6) is 1.65. The van der Waals surface area contributed by atoms with E-state index in [1.165, 1.54) is 33.3 Å². The van der Waals surface area contributed by atoms with E-state index in [4.69, 9.17) is 4.98 Å². The van der Waals surface area contributed by atoms with Gasteiger partial charge >= 0.3 is 0 Å². The molecule has 0 spiro atoms. The van der Waals surface area contributed by atoms with Crippen molar-refractivity contribution in [3.63, 3.8) is 0 Å². The second-order valence-electron chi connectivity index (χ2n) is 8.35. The number of fused-ring (bicyclic) bond motifs is 5. The fourth-order valence-electron chi connectivity index (χ4n) is 4.92. The van der Waals surface area contributed by atoms with Crippen molar-refractivity contribution in [2.24, 2.45) is 0 Å². The van der Waals surface area contributed by atoms with Gasteiger partial charge in [0.25, 0.3) is 0 Å². The van der Waals surface area contributed by atoms with Crippen molar-refractivity contribution in [2.45, 2.75) is 19.3 Å². The van der Waals surface area contributed by atoms with E-state index < -0.39 is 0 Å². The Kier molecular flexibility index (Phi) is 3.51. The van der Waals surface area contributed by atoms with Gasteiger partial charge < -0.3 is 0 Å². The highest BCUT2D eigenvalue weighted by Gasteiger charge is 2.40. The fraction of sp³-hybridized carbons (Fsp3) is 0.111. The SMILES string of the molecule is CC1(C)c2ccccc2-c2c1n(-c1ccnc(-c3ccccc3)n1)c1ccccc21. The monoisotopic (exact) mass is 387 g/mol. The van der Waals surface area contributed by atoms with E-state index in [1.54, 1.807) is 0 Å². The van der Waals surface area contributed by atoms with Crippen LogP contribution >= 0.6 is 0 Å². The summed E-state index contributed by atoms with van der Waals surface area (Å²) in [4.78, 5) is 9.54. The number of hydrogen-bond donors (Lipinski definition) is 0. The molecule has 0 saturated heterocycles. The molecule has 1 aliphatic carbocycles. The van der Waals surface area contributed by atoms with Gasteiger partial charge in [-0.15, -0.1) is 0 Å². The molecule has 0 N–H and O–H groups in total. The minimum Gasteiger partial charge on any atom is -0.297 e. The van der Waals surface area contributed by atoms with Gasteiger partial charge in [-0.3, -0.25) is 4.57 Å². The Hall–Kier alpha value is -3.72. The second kappa shape index (κ2) is 6.14. The predicted octanol–water partition coefficient (Wildman–Crippen LogP) is 6.39. The van der Waals surface area contributed by atoms with Crippen molar-refractivity contribution in [3.05, 3.63) is 102 Å². The maximum atomic E-state index is 4.99. The van der Waals surface area contributed by atoms with Gasteiger partial charge in [0.1, 0.15) is 5.82 Å². The lowest BCUT2D eigenvalue weighted by Crippen LogP contribution is -2.20. The largest absolute Gasteiger partial charge is 0.297 e. The van der Waals surface area contributed by atoms with Crippen LogP contribution in [-0.4, -0.2) is 14.5 Å². The number of rotatable bonds is 2. The molecule has 0 fully saturated rings. The molecule has 3 heteroatoms. The zero-order chi connectivity index (χ0) is 20.3. The highest BCUT2D eigenvalue weighted by molar-refractivity contribution is 6.03. The van der Waals surface area contributed by atoms with Gasteiger partial charge in [0.2, 0.25) is 0 Å². The van der Waals surface area contributed by atoms with Crippen molar-refractivity contribution in [1.82, 2.24) is 14.5 Å². The highest BCUT2D eigenvalue weighted by Crippen LogP contribution is 2.53. The lowest BCUT2D eigenvalue weighted by molar-refractivity contribution is 0.621. The van der Waals surface area contributed by atoms with Crippen LogP contribution in [0.25, 0.3) is 39.2 Å². The Morgan fingerprint density at radius 1 is 0.767 bits per heavy atom. The van der Waals surface area contributed by atoms with Crippen LogP contribution in [0.2, 0.25) is 0 Å². The van der Waals surface area contributed by atoms with E-state index in [1.807, 2.05) is 30.5 Å². The normalized spacial score (nSPS) is 13.9. The molecule has 0 aliphatic heterocycles. The van der Waals surface area contributed by atoms with Crippen LogP contribution in [0.3, 0.4) is 0 Å². The summed E-state index contributed by atoms with van der Waals surface area (Å²) in [5, 5.41) is 1.27. The molecule has 0 amide bonds. The molecule has 6 rings (SSSR count). The summed E-state index contributed by atoms with van der Waals surface area (Å²) >= 11 is 0. The molecule has 0 bridgehead atoms. The molecular formula is C27H21N3. The lowest BCUT2D eigenvalue weighted by atomic mass is 9.85. The third kappa shape index (κ3) is 2.26. The second-order valence-corrected chi connectivity index (χ2v) is 8.35. The van der Waals surface area contributed by atoms with Crippen LogP contribution in [0.1, 0.15) is 25.1 Å². The molecule has 1 aliphatic rings. The van der Waals surface area contributed by atoms with Gasteiger partial charge in [0, 0.05) is 33.8 Å². The molecule has 0 atom stereocenters. The Labute approximate surface area is 175 Å². The average molecular weight is 387 g/mol. The summed E-state index contributed by atoms with van der Waals surface area (Å²) in [6, 6.07) is 29.6. The summed E-state index contributed by atoms with van der Waals surface area (Å²) in [5.41, 5.74) is 7.39. The smallest absolute Gasteiger partial charge is 0.161 e. The van der Waals surface area contributed by atoms with Crippen molar-refractivity contribution < 1.29 is 0 Å².